The molecule has 27 heavy (non-hydrogen) atoms. The van der Waals surface area contributed by atoms with Crippen molar-refractivity contribution in [1.82, 2.24) is 9.55 Å². The fourth-order valence-corrected chi connectivity index (χ4v) is 3.27. The number of hydrogen-bond acceptors (Lipinski definition) is 3. The van der Waals surface area contributed by atoms with Crippen molar-refractivity contribution in [2.75, 3.05) is 0 Å². The van der Waals surface area contributed by atoms with Crippen molar-refractivity contribution < 1.29 is 9.90 Å². The zero-order valence-electron chi connectivity index (χ0n) is 14.8. The number of amides is 1. The minimum absolute atomic E-state index is 0.449. The number of benzene rings is 3. The summed E-state index contributed by atoms with van der Waals surface area (Å²) in [6.07, 6.45) is 1.23. The summed E-state index contributed by atoms with van der Waals surface area (Å²) in [7, 11) is 0. The molecule has 0 saturated carbocycles. The van der Waals surface area contributed by atoms with Crippen molar-refractivity contribution in [2.45, 2.75) is 13.0 Å². The van der Waals surface area contributed by atoms with Crippen LogP contribution >= 0.6 is 0 Å². The van der Waals surface area contributed by atoms with Crippen molar-refractivity contribution in [1.29, 1.82) is 0 Å². The van der Waals surface area contributed by atoms with Gasteiger partial charge in [0.25, 0.3) is 0 Å². The van der Waals surface area contributed by atoms with E-state index in [-0.39, 0.29) is 0 Å². The van der Waals surface area contributed by atoms with Crippen LogP contribution in [0.4, 0.5) is 0 Å². The van der Waals surface area contributed by atoms with E-state index in [9.17, 15) is 9.90 Å². The molecule has 3 aromatic carbocycles. The number of hydrogen-bond donors (Lipinski definition) is 2. The van der Waals surface area contributed by atoms with E-state index in [4.69, 9.17) is 5.73 Å². The summed E-state index contributed by atoms with van der Waals surface area (Å²) in [5.74, 6) is -0.449. The Morgan fingerprint density at radius 2 is 1.89 bits per heavy atom. The molecule has 1 aromatic heterocycles. The van der Waals surface area contributed by atoms with Gasteiger partial charge >= 0.3 is 0 Å². The first-order valence-electron chi connectivity index (χ1n) is 8.69. The highest BCUT2D eigenvalue weighted by Gasteiger charge is 2.12. The van der Waals surface area contributed by atoms with Gasteiger partial charge < -0.3 is 10.8 Å². The van der Waals surface area contributed by atoms with Gasteiger partial charge in [0.15, 0.2) is 0 Å². The minimum Gasteiger partial charge on any atom is -0.389 e. The number of aliphatic hydroxyl groups excluding tert-OH is 1. The van der Waals surface area contributed by atoms with Crippen LogP contribution in [0.25, 0.3) is 27.8 Å². The summed E-state index contributed by atoms with van der Waals surface area (Å²) in [6.45, 7) is 1.73. The van der Waals surface area contributed by atoms with E-state index in [0.29, 0.717) is 5.56 Å². The minimum atomic E-state index is -0.534. The van der Waals surface area contributed by atoms with Crippen LogP contribution < -0.4 is 5.73 Å². The third kappa shape index (κ3) is 3.09. The number of carbonyl (C=O) groups is 1. The van der Waals surface area contributed by atoms with Gasteiger partial charge in [0.2, 0.25) is 5.91 Å². The molecule has 1 atom stereocenters. The first kappa shape index (κ1) is 17.0. The van der Waals surface area contributed by atoms with E-state index in [1.807, 2.05) is 59.2 Å². The molecular formula is C22H19N3O2. The van der Waals surface area contributed by atoms with Crippen molar-refractivity contribution in [2.24, 2.45) is 5.73 Å². The molecule has 1 unspecified atom stereocenters. The first-order valence-corrected chi connectivity index (χ1v) is 8.69. The van der Waals surface area contributed by atoms with Gasteiger partial charge in [0, 0.05) is 11.3 Å². The standard InChI is InChI=1S/C22H19N3O2/c1-14(26)15-9-10-21-20(12-15)24-13-25(21)17-6-4-5-16(11-17)18-7-2-3-8-19(18)22(23)27/h2-14,26H,1H3,(H2,23,27). The van der Waals surface area contributed by atoms with Crippen molar-refractivity contribution in [3.8, 4) is 16.8 Å². The second kappa shape index (κ2) is 6.70. The third-order valence-corrected chi connectivity index (χ3v) is 4.68. The normalized spacial score (nSPS) is 12.2. The van der Waals surface area contributed by atoms with Gasteiger partial charge in [0.1, 0.15) is 6.33 Å². The molecule has 0 aliphatic carbocycles. The Morgan fingerprint density at radius 3 is 2.67 bits per heavy atom. The highest BCUT2D eigenvalue weighted by molar-refractivity contribution is 6.00. The molecule has 0 fully saturated rings. The molecule has 4 rings (SSSR count). The Hall–Kier alpha value is -3.44. The van der Waals surface area contributed by atoms with Crippen LogP contribution in [0.5, 0.6) is 0 Å². The molecular weight excluding hydrogens is 338 g/mol. The number of aromatic nitrogens is 2. The molecule has 0 bridgehead atoms. The number of fused-ring (bicyclic) bond motifs is 1. The Balaban J connectivity index is 1.82. The van der Waals surface area contributed by atoms with Gasteiger partial charge in [-0.15, -0.1) is 0 Å². The van der Waals surface area contributed by atoms with Crippen molar-refractivity contribution in [3.63, 3.8) is 0 Å². The third-order valence-electron chi connectivity index (χ3n) is 4.68. The lowest BCUT2D eigenvalue weighted by Crippen LogP contribution is -2.12. The molecule has 1 amide bonds. The maximum Gasteiger partial charge on any atom is 0.249 e. The number of aliphatic hydroxyl groups is 1. The van der Waals surface area contributed by atoms with Crippen LogP contribution in [0.3, 0.4) is 0 Å². The van der Waals surface area contributed by atoms with Crippen LogP contribution in [-0.2, 0) is 0 Å². The lowest BCUT2D eigenvalue weighted by molar-refractivity contribution is 0.100. The lowest BCUT2D eigenvalue weighted by atomic mass is 9.99. The number of carbonyl (C=O) groups excluding carboxylic acids is 1. The zero-order chi connectivity index (χ0) is 19.0. The van der Waals surface area contributed by atoms with E-state index in [0.717, 1.165) is 33.4 Å². The Labute approximate surface area is 156 Å². The molecule has 0 radical (unpaired) electrons. The molecule has 0 aliphatic rings. The quantitative estimate of drug-likeness (QED) is 0.582. The van der Waals surface area contributed by atoms with Crippen molar-refractivity contribution >= 4 is 16.9 Å². The predicted molar refractivity (Wildman–Crippen MR) is 106 cm³/mol. The smallest absolute Gasteiger partial charge is 0.249 e. The topological polar surface area (TPSA) is 81.1 Å². The molecule has 5 heteroatoms. The maximum atomic E-state index is 11.8. The van der Waals surface area contributed by atoms with Crippen LogP contribution in [0.1, 0.15) is 28.9 Å². The van der Waals surface area contributed by atoms with Gasteiger partial charge in [-0.25, -0.2) is 4.98 Å². The summed E-state index contributed by atoms with van der Waals surface area (Å²) in [4.78, 5) is 16.2. The summed E-state index contributed by atoms with van der Waals surface area (Å²) >= 11 is 0. The first-order chi connectivity index (χ1) is 13.0. The Morgan fingerprint density at radius 1 is 1.07 bits per heavy atom. The Kier molecular flexibility index (Phi) is 4.22. The molecule has 1 heterocycles. The number of imidazole rings is 1. The summed E-state index contributed by atoms with van der Waals surface area (Å²) in [5.41, 5.74) is 11.2. The number of nitrogens with zero attached hydrogens (tertiary/aromatic N) is 2. The summed E-state index contributed by atoms with van der Waals surface area (Å²) < 4.78 is 1.98. The SMILES string of the molecule is CC(O)c1ccc2c(c1)ncn2-c1cccc(-c2ccccc2C(N)=O)c1. The van der Waals surface area contributed by atoms with Gasteiger partial charge in [-0.05, 0) is 53.9 Å². The van der Waals surface area contributed by atoms with E-state index in [2.05, 4.69) is 4.98 Å². The molecule has 0 saturated heterocycles. The number of rotatable bonds is 4. The molecule has 3 N–H and O–H groups in total. The van der Waals surface area contributed by atoms with E-state index < -0.39 is 12.0 Å². The van der Waals surface area contributed by atoms with Gasteiger partial charge in [-0.3, -0.25) is 9.36 Å². The summed E-state index contributed by atoms with van der Waals surface area (Å²) in [6, 6.07) is 20.9. The Bertz CT molecular complexity index is 1150. The van der Waals surface area contributed by atoms with E-state index >= 15 is 0 Å². The predicted octanol–water partition coefficient (Wildman–Crippen LogP) is 3.84. The molecule has 0 spiro atoms. The highest BCUT2D eigenvalue weighted by atomic mass is 16.3. The zero-order valence-corrected chi connectivity index (χ0v) is 14.8. The monoisotopic (exact) mass is 357 g/mol. The van der Waals surface area contributed by atoms with Crippen LogP contribution in [0, 0.1) is 0 Å². The number of primary amides is 1. The average molecular weight is 357 g/mol. The van der Waals surface area contributed by atoms with Crippen LogP contribution in [0.15, 0.2) is 73.1 Å². The van der Waals surface area contributed by atoms with Crippen LogP contribution in [-0.4, -0.2) is 20.6 Å². The van der Waals surface area contributed by atoms with Gasteiger partial charge in [0.05, 0.1) is 17.1 Å². The fraction of sp³-hybridized carbons (Fsp3) is 0.0909. The van der Waals surface area contributed by atoms with Crippen LogP contribution in [0.2, 0.25) is 0 Å². The largest absolute Gasteiger partial charge is 0.389 e. The summed E-state index contributed by atoms with van der Waals surface area (Å²) in [5, 5.41) is 9.77. The van der Waals surface area contributed by atoms with E-state index in [1.54, 1.807) is 25.4 Å². The van der Waals surface area contributed by atoms with E-state index in [1.165, 1.54) is 0 Å². The molecule has 5 nitrogen and oxygen atoms in total. The lowest BCUT2D eigenvalue weighted by Gasteiger charge is -2.10. The van der Waals surface area contributed by atoms with Gasteiger partial charge in [-0.1, -0.05) is 36.4 Å². The second-order valence-electron chi connectivity index (χ2n) is 6.50. The highest BCUT2D eigenvalue weighted by Crippen LogP contribution is 2.27. The van der Waals surface area contributed by atoms with Gasteiger partial charge in [-0.2, -0.15) is 0 Å². The molecule has 0 aliphatic heterocycles. The molecule has 4 aromatic rings. The van der Waals surface area contributed by atoms with Crippen molar-refractivity contribution in [3.05, 3.63) is 84.2 Å². The fourth-order valence-electron chi connectivity index (χ4n) is 3.27. The second-order valence-corrected chi connectivity index (χ2v) is 6.50. The maximum absolute atomic E-state index is 11.8. The average Bonchev–Trinajstić information content (AvgIpc) is 3.11. The number of nitrogens with two attached hydrogens (primary N) is 1. The molecule has 134 valence electrons.